The highest BCUT2D eigenvalue weighted by atomic mass is 32.1. The van der Waals surface area contributed by atoms with Gasteiger partial charge >= 0.3 is 0 Å². The molecule has 0 atom stereocenters. The van der Waals surface area contributed by atoms with Gasteiger partial charge in [-0.05, 0) is 24.4 Å². The Hall–Kier alpha value is -1.53. The summed E-state index contributed by atoms with van der Waals surface area (Å²) in [4.78, 5) is 3.97. The molecule has 2 aromatic rings. The van der Waals surface area contributed by atoms with Crippen LogP contribution in [0, 0.1) is 0 Å². The van der Waals surface area contributed by atoms with Crippen LogP contribution in [0.4, 0.5) is 10.8 Å². The summed E-state index contributed by atoms with van der Waals surface area (Å²) in [5.41, 5.74) is 0.944. The van der Waals surface area contributed by atoms with E-state index in [2.05, 4.69) is 20.0 Å². The molecule has 0 bridgehead atoms. The summed E-state index contributed by atoms with van der Waals surface area (Å²) in [5, 5.41) is 7.17. The topological polar surface area (TPSA) is 49.8 Å². The van der Waals surface area contributed by atoms with Crippen LogP contribution in [0.1, 0.15) is 0 Å². The lowest BCUT2D eigenvalue weighted by molar-refractivity contribution is 1.33. The highest BCUT2D eigenvalue weighted by Gasteiger charge is 1.99. The van der Waals surface area contributed by atoms with Gasteiger partial charge in [0.1, 0.15) is 6.33 Å². The summed E-state index contributed by atoms with van der Waals surface area (Å²) in [5.74, 6) is 0. The molecule has 0 aliphatic heterocycles. The molecular weight excluding hydrogens is 228 g/mol. The van der Waals surface area contributed by atoms with E-state index in [0.29, 0.717) is 10.2 Å². The summed E-state index contributed by atoms with van der Waals surface area (Å²) in [6, 6.07) is 9.71. The molecule has 0 fully saturated rings. The van der Waals surface area contributed by atoms with Crippen LogP contribution < -0.4 is 10.6 Å². The van der Waals surface area contributed by atoms with Gasteiger partial charge in [-0.3, -0.25) is 0 Å². The second kappa shape index (κ2) is 4.81. The predicted octanol–water partition coefficient (Wildman–Crippen LogP) is 2.35. The first-order chi connectivity index (χ1) is 7.34. The number of rotatable bonds is 2. The average Bonchev–Trinajstić information content (AvgIpc) is 2.71. The third-order valence-corrected chi connectivity index (χ3v) is 2.40. The van der Waals surface area contributed by atoms with Gasteiger partial charge in [-0.1, -0.05) is 18.2 Å². The Morgan fingerprint density at radius 3 is 2.67 bits per heavy atom. The van der Waals surface area contributed by atoms with E-state index >= 15 is 0 Å². The van der Waals surface area contributed by atoms with Crippen molar-refractivity contribution in [3.8, 4) is 0 Å². The molecule has 1 aromatic carbocycles. The van der Waals surface area contributed by atoms with Gasteiger partial charge in [0.2, 0.25) is 5.13 Å². The smallest absolute Gasteiger partial charge is 0.208 e. The maximum absolute atomic E-state index is 5.10. The van der Waals surface area contributed by atoms with E-state index in [9.17, 15) is 0 Å². The molecule has 76 valence electrons. The Morgan fingerprint density at radius 2 is 2.00 bits per heavy atom. The number of aromatic nitrogens is 2. The summed E-state index contributed by atoms with van der Waals surface area (Å²) in [7, 11) is 0. The summed E-state index contributed by atoms with van der Waals surface area (Å²) >= 11 is 6.36. The van der Waals surface area contributed by atoms with Gasteiger partial charge in [0.25, 0.3) is 0 Å². The Morgan fingerprint density at radius 1 is 1.20 bits per heavy atom. The SMILES string of the molecule is S=C(Nc1ccccc1)Nc1ncns1. The Labute approximate surface area is 96.5 Å². The zero-order valence-corrected chi connectivity index (χ0v) is 9.31. The van der Waals surface area contributed by atoms with Crippen LogP contribution in [0.3, 0.4) is 0 Å². The molecule has 0 radical (unpaired) electrons. The first kappa shape index (κ1) is 10.0. The van der Waals surface area contributed by atoms with Crippen LogP contribution in [0.25, 0.3) is 0 Å². The molecule has 15 heavy (non-hydrogen) atoms. The maximum Gasteiger partial charge on any atom is 0.208 e. The van der Waals surface area contributed by atoms with Gasteiger partial charge < -0.3 is 10.6 Å². The number of benzene rings is 1. The molecule has 1 heterocycles. The van der Waals surface area contributed by atoms with Crippen LogP contribution in [-0.2, 0) is 0 Å². The van der Waals surface area contributed by atoms with Crippen LogP contribution in [0.2, 0.25) is 0 Å². The lowest BCUT2D eigenvalue weighted by Crippen LogP contribution is -2.18. The van der Waals surface area contributed by atoms with Gasteiger partial charge in [0.15, 0.2) is 5.11 Å². The number of hydrogen-bond donors (Lipinski definition) is 2. The Bertz CT molecular complexity index is 427. The quantitative estimate of drug-likeness (QED) is 0.784. The van der Waals surface area contributed by atoms with E-state index in [0.717, 1.165) is 5.69 Å². The van der Waals surface area contributed by atoms with Crippen molar-refractivity contribution in [3.63, 3.8) is 0 Å². The normalized spacial score (nSPS) is 9.60. The fourth-order valence-electron chi connectivity index (χ4n) is 1.01. The summed E-state index contributed by atoms with van der Waals surface area (Å²) in [6.45, 7) is 0. The molecule has 2 N–H and O–H groups in total. The predicted molar refractivity (Wildman–Crippen MR) is 66.2 cm³/mol. The van der Waals surface area contributed by atoms with Gasteiger partial charge in [0.05, 0.1) is 0 Å². The van der Waals surface area contributed by atoms with Crippen molar-refractivity contribution >= 4 is 39.7 Å². The van der Waals surface area contributed by atoms with Crippen molar-refractivity contribution in [2.75, 3.05) is 10.6 Å². The number of nitrogens with zero attached hydrogens (tertiary/aromatic N) is 2. The minimum atomic E-state index is 0.512. The zero-order valence-electron chi connectivity index (χ0n) is 7.68. The van der Waals surface area contributed by atoms with Crippen molar-refractivity contribution in [1.82, 2.24) is 9.36 Å². The van der Waals surface area contributed by atoms with E-state index in [-0.39, 0.29) is 0 Å². The van der Waals surface area contributed by atoms with Crippen molar-refractivity contribution < 1.29 is 0 Å². The second-order valence-electron chi connectivity index (χ2n) is 2.69. The molecule has 0 saturated heterocycles. The van der Waals surface area contributed by atoms with E-state index in [1.807, 2.05) is 30.3 Å². The maximum atomic E-state index is 5.10. The molecule has 0 aliphatic rings. The molecule has 4 nitrogen and oxygen atoms in total. The molecule has 6 heteroatoms. The lowest BCUT2D eigenvalue weighted by Gasteiger charge is -2.07. The van der Waals surface area contributed by atoms with E-state index in [1.165, 1.54) is 17.9 Å². The monoisotopic (exact) mass is 236 g/mol. The van der Waals surface area contributed by atoms with Crippen molar-refractivity contribution in [2.24, 2.45) is 0 Å². The largest absolute Gasteiger partial charge is 0.332 e. The first-order valence-electron chi connectivity index (χ1n) is 4.24. The Balaban J connectivity index is 1.94. The molecule has 0 spiro atoms. The van der Waals surface area contributed by atoms with Crippen LogP contribution in [0.5, 0.6) is 0 Å². The minimum Gasteiger partial charge on any atom is -0.332 e. The number of para-hydroxylation sites is 1. The third kappa shape index (κ3) is 2.97. The van der Waals surface area contributed by atoms with Crippen molar-refractivity contribution in [1.29, 1.82) is 0 Å². The zero-order chi connectivity index (χ0) is 10.5. The van der Waals surface area contributed by atoms with Gasteiger partial charge in [0, 0.05) is 17.2 Å². The summed E-state index contributed by atoms with van der Waals surface area (Å²) in [6.07, 6.45) is 1.48. The fourth-order valence-corrected chi connectivity index (χ4v) is 1.72. The van der Waals surface area contributed by atoms with E-state index in [4.69, 9.17) is 12.2 Å². The molecule has 0 saturated carbocycles. The molecule has 0 amide bonds. The standard InChI is InChI=1S/C9H8N4S2/c14-8(13-9-10-6-11-15-9)12-7-4-2-1-3-5-7/h1-6H,(H2,10,11,12,13,14). The molecule has 1 aromatic heterocycles. The minimum absolute atomic E-state index is 0.512. The third-order valence-electron chi connectivity index (χ3n) is 1.61. The van der Waals surface area contributed by atoms with Gasteiger partial charge in [-0.2, -0.15) is 4.37 Å². The highest BCUT2D eigenvalue weighted by molar-refractivity contribution is 7.80. The highest BCUT2D eigenvalue weighted by Crippen LogP contribution is 2.09. The Kier molecular flexibility index (Phi) is 3.21. The number of hydrogen-bond acceptors (Lipinski definition) is 4. The molecular formula is C9H8N4S2. The van der Waals surface area contributed by atoms with Crippen LogP contribution in [-0.4, -0.2) is 14.5 Å². The van der Waals surface area contributed by atoms with Crippen molar-refractivity contribution in [3.05, 3.63) is 36.7 Å². The summed E-state index contributed by atoms with van der Waals surface area (Å²) < 4.78 is 3.86. The van der Waals surface area contributed by atoms with Crippen molar-refractivity contribution in [2.45, 2.75) is 0 Å². The number of anilines is 2. The number of thiocarbonyl (C=S) groups is 1. The molecule has 2 rings (SSSR count). The molecule has 0 unspecified atom stereocenters. The fraction of sp³-hybridized carbons (Fsp3) is 0. The molecule has 0 aliphatic carbocycles. The van der Waals surface area contributed by atoms with Crippen LogP contribution >= 0.6 is 23.8 Å². The van der Waals surface area contributed by atoms with Gasteiger partial charge in [-0.15, -0.1) is 0 Å². The second-order valence-corrected chi connectivity index (χ2v) is 3.88. The van der Waals surface area contributed by atoms with Crippen LogP contribution in [0.15, 0.2) is 36.7 Å². The van der Waals surface area contributed by atoms with Gasteiger partial charge in [-0.25, -0.2) is 4.98 Å². The lowest BCUT2D eigenvalue weighted by atomic mass is 10.3. The van der Waals surface area contributed by atoms with E-state index in [1.54, 1.807) is 0 Å². The first-order valence-corrected chi connectivity index (χ1v) is 5.42. The number of nitrogens with one attached hydrogen (secondary N) is 2. The van der Waals surface area contributed by atoms with E-state index < -0.39 is 0 Å². The average molecular weight is 236 g/mol.